The molecular formula is C7H15O2Si. The Morgan fingerprint density at radius 1 is 1.20 bits per heavy atom. The van der Waals surface area contributed by atoms with Gasteiger partial charge in [-0.2, -0.15) is 0 Å². The molecule has 0 fully saturated rings. The zero-order valence-corrected chi connectivity index (χ0v) is 7.89. The summed E-state index contributed by atoms with van der Waals surface area (Å²) in [4.78, 5) is 0. The van der Waals surface area contributed by atoms with Crippen molar-refractivity contribution in [2.24, 2.45) is 0 Å². The van der Waals surface area contributed by atoms with Gasteiger partial charge in [0.1, 0.15) is 0 Å². The maximum absolute atomic E-state index is 5.32. The predicted octanol–water partition coefficient (Wildman–Crippen LogP) is 1.66. The highest BCUT2D eigenvalue weighted by atomic mass is 28.3. The molecule has 0 saturated heterocycles. The lowest BCUT2D eigenvalue weighted by Gasteiger charge is -2.07. The average molecular weight is 159 g/mol. The van der Waals surface area contributed by atoms with E-state index in [4.69, 9.17) is 8.85 Å². The van der Waals surface area contributed by atoms with Gasteiger partial charge >= 0.3 is 9.28 Å². The van der Waals surface area contributed by atoms with E-state index in [1.54, 1.807) is 0 Å². The van der Waals surface area contributed by atoms with E-state index in [0.717, 1.165) is 13.2 Å². The minimum absolute atomic E-state index is 0.735. The molecule has 59 valence electrons. The van der Waals surface area contributed by atoms with Crippen LogP contribution in [0.5, 0.6) is 0 Å². The molecule has 0 aliphatic heterocycles. The van der Waals surface area contributed by atoms with Crippen LogP contribution in [0.25, 0.3) is 0 Å². The summed E-state index contributed by atoms with van der Waals surface area (Å²) in [5.41, 5.74) is 2.00. The van der Waals surface area contributed by atoms with Gasteiger partial charge < -0.3 is 8.85 Å². The van der Waals surface area contributed by atoms with Crippen molar-refractivity contribution in [1.29, 1.82) is 0 Å². The number of hydrogen-bond acceptors (Lipinski definition) is 2. The molecule has 0 spiro atoms. The van der Waals surface area contributed by atoms with Crippen molar-refractivity contribution in [2.75, 3.05) is 13.2 Å². The van der Waals surface area contributed by atoms with Gasteiger partial charge in [0.15, 0.2) is 0 Å². The van der Waals surface area contributed by atoms with Crippen LogP contribution in [0.15, 0.2) is 11.8 Å². The Morgan fingerprint density at radius 2 is 1.70 bits per heavy atom. The zero-order valence-electron chi connectivity index (χ0n) is 6.89. The summed E-state index contributed by atoms with van der Waals surface area (Å²) in [5.74, 6) is 0. The topological polar surface area (TPSA) is 18.5 Å². The molecule has 0 saturated carbocycles. The van der Waals surface area contributed by atoms with E-state index in [0.29, 0.717) is 0 Å². The van der Waals surface area contributed by atoms with Crippen LogP contribution in [0.2, 0.25) is 0 Å². The highest BCUT2D eigenvalue weighted by Crippen LogP contribution is 1.90. The SMILES string of the molecule is CC=C[Si](OCC)OCC. The summed E-state index contributed by atoms with van der Waals surface area (Å²) in [7, 11) is -1.08. The zero-order chi connectivity index (χ0) is 7.82. The van der Waals surface area contributed by atoms with Crippen LogP contribution in [-0.2, 0) is 8.85 Å². The molecular weight excluding hydrogens is 144 g/mol. The molecule has 0 N–H and O–H groups in total. The fraction of sp³-hybridized carbons (Fsp3) is 0.714. The van der Waals surface area contributed by atoms with Gasteiger partial charge in [0, 0.05) is 13.2 Å². The highest BCUT2D eigenvalue weighted by Gasteiger charge is 2.07. The summed E-state index contributed by atoms with van der Waals surface area (Å²) < 4.78 is 10.6. The van der Waals surface area contributed by atoms with Crippen LogP contribution in [0, 0.1) is 0 Å². The quantitative estimate of drug-likeness (QED) is 0.568. The summed E-state index contributed by atoms with van der Waals surface area (Å²) in [6, 6.07) is 0. The molecule has 1 radical (unpaired) electrons. The van der Waals surface area contributed by atoms with E-state index in [-0.39, 0.29) is 0 Å². The molecule has 0 aliphatic rings. The second-order valence-electron chi connectivity index (χ2n) is 1.69. The molecule has 0 aromatic carbocycles. The molecule has 10 heavy (non-hydrogen) atoms. The van der Waals surface area contributed by atoms with Crippen molar-refractivity contribution in [3.05, 3.63) is 11.8 Å². The van der Waals surface area contributed by atoms with Crippen molar-refractivity contribution in [1.82, 2.24) is 0 Å². The first-order chi connectivity index (χ1) is 4.85. The summed E-state index contributed by atoms with van der Waals surface area (Å²) in [6.07, 6.45) is 1.97. The van der Waals surface area contributed by atoms with E-state index in [1.165, 1.54) is 0 Å². The Morgan fingerprint density at radius 3 is 2.00 bits per heavy atom. The Labute approximate surface area is 64.7 Å². The Bertz CT molecular complexity index is 87.6. The number of rotatable bonds is 5. The standard InChI is InChI=1S/C7H15O2Si/c1-4-7-10(8-5-2)9-6-3/h4,7H,5-6H2,1-3H3. The third kappa shape index (κ3) is 4.73. The van der Waals surface area contributed by atoms with Gasteiger partial charge in [0.05, 0.1) is 0 Å². The van der Waals surface area contributed by atoms with Crippen LogP contribution in [0.4, 0.5) is 0 Å². The van der Waals surface area contributed by atoms with Crippen LogP contribution in [0.3, 0.4) is 0 Å². The molecule has 0 amide bonds. The normalized spacial score (nSPS) is 11.6. The first-order valence-electron chi connectivity index (χ1n) is 3.60. The average Bonchev–Trinajstić information content (AvgIpc) is 1.90. The summed E-state index contributed by atoms with van der Waals surface area (Å²) >= 11 is 0. The van der Waals surface area contributed by atoms with E-state index < -0.39 is 9.28 Å². The van der Waals surface area contributed by atoms with Gasteiger partial charge in [-0.1, -0.05) is 6.08 Å². The van der Waals surface area contributed by atoms with Crippen LogP contribution in [0.1, 0.15) is 20.8 Å². The molecule has 3 heteroatoms. The monoisotopic (exact) mass is 159 g/mol. The lowest BCUT2D eigenvalue weighted by molar-refractivity contribution is 0.224. The first-order valence-corrected chi connectivity index (χ1v) is 4.99. The van der Waals surface area contributed by atoms with Crippen LogP contribution >= 0.6 is 0 Å². The van der Waals surface area contributed by atoms with Crippen LogP contribution < -0.4 is 0 Å². The van der Waals surface area contributed by atoms with Crippen molar-refractivity contribution >= 4 is 9.28 Å². The molecule has 0 bridgehead atoms. The Kier molecular flexibility index (Phi) is 6.90. The van der Waals surface area contributed by atoms with Crippen molar-refractivity contribution in [3.63, 3.8) is 0 Å². The lowest BCUT2D eigenvalue weighted by Crippen LogP contribution is -2.20. The molecule has 0 atom stereocenters. The third-order valence-electron chi connectivity index (χ3n) is 0.876. The van der Waals surface area contributed by atoms with Gasteiger partial charge in [0.25, 0.3) is 0 Å². The van der Waals surface area contributed by atoms with Gasteiger partial charge in [-0.3, -0.25) is 0 Å². The maximum Gasteiger partial charge on any atom is 0.415 e. The minimum atomic E-state index is -1.08. The molecule has 0 aromatic rings. The smallest absolute Gasteiger partial charge is 0.391 e. The fourth-order valence-corrected chi connectivity index (χ4v) is 1.68. The van der Waals surface area contributed by atoms with Gasteiger partial charge in [-0.05, 0) is 26.5 Å². The molecule has 0 aromatic heterocycles. The first kappa shape index (κ1) is 9.88. The fourth-order valence-electron chi connectivity index (χ4n) is 0.558. The number of allylic oxidation sites excluding steroid dienone is 1. The lowest BCUT2D eigenvalue weighted by atomic mass is 10.8. The molecule has 0 rings (SSSR count). The molecule has 2 nitrogen and oxygen atoms in total. The van der Waals surface area contributed by atoms with Crippen molar-refractivity contribution < 1.29 is 8.85 Å². The van der Waals surface area contributed by atoms with E-state index in [2.05, 4.69) is 0 Å². The Hall–Kier alpha value is -0.123. The van der Waals surface area contributed by atoms with Crippen molar-refractivity contribution in [3.8, 4) is 0 Å². The van der Waals surface area contributed by atoms with Gasteiger partial charge in [0.2, 0.25) is 0 Å². The molecule has 0 aliphatic carbocycles. The van der Waals surface area contributed by atoms with Crippen molar-refractivity contribution in [2.45, 2.75) is 20.8 Å². The number of hydrogen-bond donors (Lipinski definition) is 0. The Balaban J connectivity index is 3.50. The minimum Gasteiger partial charge on any atom is -0.391 e. The third-order valence-corrected chi connectivity index (χ3v) is 2.63. The van der Waals surface area contributed by atoms with Crippen LogP contribution in [-0.4, -0.2) is 22.5 Å². The van der Waals surface area contributed by atoms with Gasteiger partial charge in [-0.25, -0.2) is 0 Å². The van der Waals surface area contributed by atoms with E-state index in [1.807, 2.05) is 32.5 Å². The molecule has 0 heterocycles. The summed E-state index contributed by atoms with van der Waals surface area (Å²) in [6.45, 7) is 7.40. The second-order valence-corrected chi connectivity index (χ2v) is 3.23. The maximum atomic E-state index is 5.32. The second kappa shape index (κ2) is 6.99. The largest absolute Gasteiger partial charge is 0.415 e. The molecule has 0 unspecified atom stereocenters. The summed E-state index contributed by atoms with van der Waals surface area (Å²) in [5, 5.41) is 0. The van der Waals surface area contributed by atoms with Gasteiger partial charge in [-0.15, -0.1) is 0 Å². The highest BCUT2D eigenvalue weighted by molar-refractivity contribution is 6.50. The predicted molar refractivity (Wildman–Crippen MR) is 43.8 cm³/mol. The van der Waals surface area contributed by atoms with E-state index >= 15 is 0 Å². The van der Waals surface area contributed by atoms with E-state index in [9.17, 15) is 0 Å².